The van der Waals surface area contributed by atoms with Gasteiger partial charge in [0.15, 0.2) is 11.6 Å². The molecule has 6 amide bonds. The number of likely N-dealkylation sites (N-methyl/N-ethyl adjacent to an activating group) is 2. The minimum Gasteiger partial charge on any atom is -0.356 e. The van der Waals surface area contributed by atoms with Gasteiger partial charge in [0.1, 0.15) is 0 Å². The highest BCUT2D eigenvalue weighted by molar-refractivity contribution is 8.76. The van der Waals surface area contributed by atoms with Gasteiger partial charge in [-0.1, -0.05) is 154 Å². The summed E-state index contributed by atoms with van der Waals surface area (Å²) in [5.74, 6) is -1.51. The lowest BCUT2D eigenvalue weighted by molar-refractivity contribution is -0.140. The number of nitrogens with one attached hydrogen (secondary N) is 4. The summed E-state index contributed by atoms with van der Waals surface area (Å²) < 4.78 is 0. The first-order valence-corrected chi connectivity index (χ1v) is 29.1. The van der Waals surface area contributed by atoms with Gasteiger partial charge in [-0.05, 0) is 44.4 Å². The molecule has 1 unspecified atom stereocenters. The van der Waals surface area contributed by atoms with Crippen LogP contribution >= 0.6 is 21.6 Å². The minimum atomic E-state index is -0.741. The van der Waals surface area contributed by atoms with Gasteiger partial charge in [0.2, 0.25) is 35.4 Å². The number of ketones is 2. The first-order valence-electron chi connectivity index (χ1n) is 26.8. The zero-order valence-corrected chi connectivity index (χ0v) is 46.4. The van der Waals surface area contributed by atoms with Crippen molar-refractivity contribution in [2.24, 2.45) is 23.7 Å². The molecule has 0 aliphatic carbocycles. The Balaban J connectivity index is 4.98. The standard InChI is InChI=1S/C53H98N6O8S2/c1-10-11-12-13-14-15-16-17-18-19-20-21-22-28-48(62)55-34-31-50(64)58(8)39-47(61)38-45(53(67)59(9)40-46(60)37-43(6)52(66)56-33-25-26-41(2)3)27-23-24-32-54-49(63)30-29-44(7)69-68-36-35-57-51(65)42(4)5/h41-45H,10-40H2,1-9H3,(H,54,63)(H,55,62)(H,56,66)(H,57,65)/t43-,44?,45-/m1/s1. The van der Waals surface area contributed by atoms with E-state index >= 15 is 0 Å². The Bertz CT molecular complexity index is 1470. The van der Waals surface area contributed by atoms with Gasteiger partial charge in [-0.25, -0.2) is 0 Å². The Kier molecular flexibility index (Phi) is 40.6. The quantitative estimate of drug-likeness (QED) is 0.0338. The molecule has 0 aromatic rings. The molecule has 4 N–H and O–H groups in total. The third-order valence-corrected chi connectivity index (χ3v) is 15.1. The van der Waals surface area contributed by atoms with E-state index in [1.54, 1.807) is 28.5 Å². The molecule has 0 aromatic carbocycles. The van der Waals surface area contributed by atoms with Gasteiger partial charge >= 0.3 is 0 Å². The van der Waals surface area contributed by atoms with E-state index in [0.717, 1.165) is 37.9 Å². The van der Waals surface area contributed by atoms with Crippen molar-refractivity contribution in [3.05, 3.63) is 0 Å². The largest absolute Gasteiger partial charge is 0.356 e. The molecule has 16 heteroatoms. The molecule has 0 heterocycles. The van der Waals surface area contributed by atoms with Crippen LogP contribution in [0.3, 0.4) is 0 Å². The fourth-order valence-electron chi connectivity index (χ4n) is 7.74. The smallest absolute Gasteiger partial charge is 0.226 e. The maximum atomic E-state index is 13.8. The van der Waals surface area contributed by atoms with E-state index in [9.17, 15) is 38.4 Å². The molecule has 0 saturated carbocycles. The molecule has 0 radical (unpaired) electrons. The van der Waals surface area contributed by atoms with Crippen LogP contribution in [0.1, 0.15) is 203 Å². The molecule has 0 bridgehead atoms. The third-order valence-electron chi connectivity index (χ3n) is 12.2. The molecule has 69 heavy (non-hydrogen) atoms. The highest BCUT2D eigenvalue weighted by Gasteiger charge is 2.28. The molecular formula is C53H98N6O8S2. The zero-order valence-electron chi connectivity index (χ0n) is 44.8. The van der Waals surface area contributed by atoms with Crippen LogP contribution in [0.15, 0.2) is 0 Å². The summed E-state index contributed by atoms with van der Waals surface area (Å²) in [7, 11) is 6.44. The summed E-state index contributed by atoms with van der Waals surface area (Å²) in [6.45, 7) is 15.3. The number of unbranched alkanes of at least 4 members (excludes halogenated alkanes) is 13. The topological polar surface area (TPSA) is 191 Å². The van der Waals surface area contributed by atoms with E-state index in [0.29, 0.717) is 64.1 Å². The van der Waals surface area contributed by atoms with Crippen LogP contribution in [-0.2, 0) is 38.4 Å². The Labute approximate surface area is 426 Å². The van der Waals surface area contributed by atoms with E-state index in [-0.39, 0.29) is 97.1 Å². The number of carbonyl (C=O) groups is 8. The first-order chi connectivity index (χ1) is 32.9. The summed E-state index contributed by atoms with van der Waals surface area (Å²) in [4.78, 5) is 105. The van der Waals surface area contributed by atoms with Crippen LogP contribution in [0.4, 0.5) is 0 Å². The molecule has 14 nitrogen and oxygen atoms in total. The molecule has 400 valence electrons. The summed E-state index contributed by atoms with van der Waals surface area (Å²) in [5, 5.41) is 11.8. The highest BCUT2D eigenvalue weighted by Crippen LogP contribution is 2.28. The summed E-state index contributed by atoms with van der Waals surface area (Å²) in [5.41, 5.74) is 0. The van der Waals surface area contributed by atoms with Crippen LogP contribution < -0.4 is 21.3 Å². The van der Waals surface area contributed by atoms with Crippen molar-refractivity contribution in [2.45, 2.75) is 208 Å². The Morgan fingerprint density at radius 2 is 1.03 bits per heavy atom. The SMILES string of the molecule is CCCCCCCCCCCCCCCC(=O)NCCC(=O)N(C)CC(=O)C[C@@H](CCCCNC(=O)CCC(C)SSCCNC(=O)C(C)C)C(=O)N(C)CC(=O)C[C@@H](C)C(=O)NCCCC(C)C. The van der Waals surface area contributed by atoms with Crippen molar-refractivity contribution in [1.29, 1.82) is 0 Å². The maximum Gasteiger partial charge on any atom is 0.226 e. The average Bonchev–Trinajstić information content (AvgIpc) is 3.29. The number of carbonyl (C=O) groups excluding carboxylic acids is 8. The molecule has 3 atom stereocenters. The van der Waals surface area contributed by atoms with Gasteiger partial charge in [0.05, 0.1) is 13.1 Å². The number of Topliss-reactive ketones (excluding diaryl/α,β-unsaturated/α-hetero) is 2. The van der Waals surface area contributed by atoms with Crippen molar-refractivity contribution in [3.8, 4) is 0 Å². The summed E-state index contributed by atoms with van der Waals surface area (Å²) in [6, 6.07) is 0. The highest BCUT2D eigenvalue weighted by atomic mass is 33.1. The monoisotopic (exact) mass is 1010 g/mol. The summed E-state index contributed by atoms with van der Waals surface area (Å²) in [6.07, 6.45) is 20.8. The number of amides is 6. The van der Waals surface area contributed by atoms with Crippen LogP contribution in [0.5, 0.6) is 0 Å². The van der Waals surface area contributed by atoms with E-state index in [4.69, 9.17) is 0 Å². The fourth-order valence-corrected chi connectivity index (χ4v) is 10.00. The van der Waals surface area contributed by atoms with E-state index in [1.165, 1.54) is 88.1 Å². The molecule has 0 saturated heterocycles. The Morgan fingerprint density at radius 1 is 0.493 bits per heavy atom. The maximum absolute atomic E-state index is 13.8. The van der Waals surface area contributed by atoms with Gasteiger partial charge in [0.25, 0.3) is 0 Å². The second kappa shape index (κ2) is 42.5. The van der Waals surface area contributed by atoms with Crippen LogP contribution in [0.2, 0.25) is 0 Å². The number of hydrogen-bond acceptors (Lipinski definition) is 10. The van der Waals surface area contributed by atoms with Gasteiger partial charge in [-0.2, -0.15) is 0 Å². The Morgan fingerprint density at radius 3 is 1.64 bits per heavy atom. The number of hydrogen-bond donors (Lipinski definition) is 4. The fraction of sp³-hybridized carbons (Fsp3) is 0.849. The van der Waals surface area contributed by atoms with E-state index in [1.807, 2.05) is 13.8 Å². The van der Waals surface area contributed by atoms with E-state index < -0.39 is 11.8 Å². The molecule has 0 fully saturated rings. The van der Waals surface area contributed by atoms with Gasteiger partial charge < -0.3 is 31.1 Å². The second-order valence-electron chi connectivity index (χ2n) is 20.0. The molecular weight excluding hydrogens is 913 g/mol. The van der Waals surface area contributed by atoms with Crippen molar-refractivity contribution in [3.63, 3.8) is 0 Å². The average molecular weight is 1010 g/mol. The molecule has 0 spiro atoms. The third kappa shape index (κ3) is 38.2. The molecule has 0 aliphatic heterocycles. The lowest BCUT2D eigenvalue weighted by Gasteiger charge is -2.24. The normalized spacial score (nSPS) is 12.6. The van der Waals surface area contributed by atoms with Gasteiger partial charge in [-0.15, -0.1) is 0 Å². The van der Waals surface area contributed by atoms with E-state index in [2.05, 4.69) is 49.0 Å². The van der Waals surface area contributed by atoms with Crippen molar-refractivity contribution in [2.75, 3.05) is 59.1 Å². The minimum absolute atomic E-state index is 0.0158. The van der Waals surface area contributed by atoms with Crippen LogP contribution in [0, 0.1) is 23.7 Å². The zero-order chi connectivity index (χ0) is 51.8. The lowest BCUT2D eigenvalue weighted by Crippen LogP contribution is -2.40. The predicted octanol–water partition coefficient (Wildman–Crippen LogP) is 9.22. The first kappa shape index (κ1) is 65.9. The Hall–Kier alpha value is -3.14. The van der Waals surface area contributed by atoms with Crippen molar-refractivity contribution >= 4 is 68.6 Å². The van der Waals surface area contributed by atoms with Crippen molar-refractivity contribution in [1.82, 2.24) is 31.1 Å². The molecule has 0 rings (SSSR count). The van der Waals surface area contributed by atoms with Crippen molar-refractivity contribution < 1.29 is 38.4 Å². The molecule has 0 aliphatic rings. The second-order valence-corrected chi connectivity index (χ2v) is 22.9. The molecule has 0 aromatic heterocycles. The lowest BCUT2D eigenvalue weighted by atomic mass is 9.94. The van der Waals surface area contributed by atoms with Gasteiger partial charge in [-0.3, -0.25) is 38.4 Å². The van der Waals surface area contributed by atoms with Gasteiger partial charge in [0, 0.05) is 101 Å². The number of nitrogens with zero attached hydrogens (tertiary/aromatic N) is 2. The predicted molar refractivity (Wildman–Crippen MR) is 286 cm³/mol. The summed E-state index contributed by atoms with van der Waals surface area (Å²) >= 11 is 0. The van der Waals surface area contributed by atoms with Crippen LogP contribution in [-0.4, -0.2) is 121 Å². The number of rotatable bonds is 45. The van der Waals surface area contributed by atoms with Crippen LogP contribution in [0.25, 0.3) is 0 Å².